The zero-order chi connectivity index (χ0) is 14.1. The summed E-state index contributed by atoms with van der Waals surface area (Å²) in [4.78, 5) is 12.2. The lowest BCUT2D eigenvalue weighted by Crippen LogP contribution is -2.46. The Balaban J connectivity index is 1.60. The molecule has 108 valence electrons. The summed E-state index contributed by atoms with van der Waals surface area (Å²) < 4.78 is 0. The number of nitrogens with one attached hydrogen (secondary N) is 2. The van der Waals surface area contributed by atoms with Gasteiger partial charge in [0.15, 0.2) is 0 Å². The zero-order valence-corrected chi connectivity index (χ0v) is 12.7. The molecule has 1 saturated carbocycles. The first-order valence-corrected chi connectivity index (χ1v) is 7.87. The number of rotatable bonds is 3. The predicted molar refractivity (Wildman–Crippen MR) is 81.3 cm³/mol. The third kappa shape index (κ3) is 2.95. The van der Waals surface area contributed by atoms with Crippen LogP contribution in [0.5, 0.6) is 0 Å². The van der Waals surface area contributed by atoms with Gasteiger partial charge in [-0.2, -0.15) is 0 Å². The molecule has 3 nitrogen and oxygen atoms in total. The molecule has 5 heteroatoms. The maximum absolute atomic E-state index is 12.2. The van der Waals surface area contributed by atoms with Crippen molar-refractivity contribution in [3.05, 3.63) is 33.8 Å². The molecule has 1 amide bonds. The lowest BCUT2D eigenvalue weighted by Gasteiger charge is -2.23. The number of amides is 1. The van der Waals surface area contributed by atoms with Crippen molar-refractivity contribution >= 4 is 29.1 Å². The summed E-state index contributed by atoms with van der Waals surface area (Å²) in [6.07, 6.45) is 3.05. The fraction of sp³-hybridized carbons (Fsp3) is 0.533. The van der Waals surface area contributed by atoms with Gasteiger partial charge in [0.25, 0.3) is 0 Å². The Hall–Kier alpha value is -0.770. The van der Waals surface area contributed by atoms with Crippen LogP contribution in [0.25, 0.3) is 0 Å². The maximum Gasteiger partial charge on any atom is 0.224 e. The molecule has 2 unspecified atom stereocenters. The Morgan fingerprint density at radius 3 is 2.95 bits per heavy atom. The minimum absolute atomic E-state index is 0.0490. The van der Waals surface area contributed by atoms with Crippen LogP contribution in [0.3, 0.4) is 0 Å². The summed E-state index contributed by atoms with van der Waals surface area (Å²) in [5.74, 6) is 0.422. The smallest absolute Gasteiger partial charge is 0.224 e. The summed E-state index contributed by atoms with van der Waals surface area (Å²) in [5.41, 5.74) is 1.00. The van der Waals surface area contributed by atoms with E-state index in [1.165, 1.54) is 0 Å². The number of carbonyl (C=O) groups excluding carboxylic acids is 1. The van der Waals surface area contributed by atoms with Crippen LogP contribution in [0.15, 0.2) is 18.2 Å². The summed E-state index contributed by atoms with van der Waals surface area (Å²) in [6, 6.07) is 5.90. The van der Waals surface area contributed by atoms with E-state index < -0.39 is 0 Å². The molecule has 1 aliphatic heterocycles. The van der Waals surface area contributed by atoms with Crippen LogP contribution < -0.4 is 10.6 Å². The van der Waals surface area contributed by atoms with Crippen molar-refractivity contribution in [1.82, 2.24) is 10.6 Å². The van der Waals surface area contributed by atoms with E-state index in [0.717, 1.165) is 37.9 Å². The fourth-order valence-electron chi connectivity index (χ4n) is 2.92. The molecule has 1 aromatic carbocycles. The Morgan fingerprint density at radius 2 is 2.20 bits per heavy atom. The van der Waals surface area contributed by atoms with Gasteiger partial charge in [0.2, 0.25) is 5.91 Å². The minimum atomic E-state index is 0.0490. The van der Waals surface area contributed by atoms with Crippen molar-refractivity contribution < 1.29 is 4.79 Å². The highest BCUT2D eigenvalue weighted by molar-refractivity contribution is 6.42. The normalized spacial score (nSPS) is 29.0. The van der Waals surface area contributed by atoms with Crippen LogP contribution in [0.1, 0.15) is 30.7 Å². The standard InChI is InChI=1S/C15H18Cl2N2O/c16-13-5-1-4-10(14(13)17)11-7-12(11)15(20)19-9-3-2-6-18-8-9/h1,4-5,9,11-12,18H,2-3,6-8H2,(H,19,20)/t9-,11?,12?/m0/s1. The van der Waals surface area contributed by atoms with Crippen molar-refractivity contribution in [2.24, 2.45) is 5.92 Å². The summed E-state index contributed by atoms with van der Waals surface area (Å²) in [5, 5.41) is 7.60. The highest BCUT2D eigenvalue weighted by Crippen LogP contribution is 2.50. The van der Waals surface area contributed by atoms with Gasteiger partial charge < -0.3 is 10.6 Å². The number of benzene rings is 1. The lowest BCUT2D eigenvalue weighted by molar-refractivity contribution is -0.123. The van der Waals surface area contributed by atoms with E-state index in [0.29, 0.717) is 10.0 Å². The van der Waals surface area contributed by atoms with Gasteiger partial charge in [-0.1, -0.05) is 35.3 Å². The molecule has 1 aromatic rings. The zero-order valence-electron chi connectivity index (χ0n) is 11.2. The van der Waals surface area contributed by atoms with Gasteiger partial charge in [-0.05, 0) is 43.4 Å². The number of piperidine rings is 1. The van der Waals surface area contributed by atoms with Crippen molar-refractivity contribution in [1.29, 1.82) is 0 Å². The number of hydrogen-bond acceptors (Lipinski definition) is 2. The molecule has 1 heterocycles. The minimum Gasteiger partial charge on any atom is -0.352 e. The van der Waals surface area contributed by atoms with Crippen LogP contribution in [0.4, 0.5) is 0 Å². The van der Waals surface area contributed by atoms with Gasteiger partial charge in [0.1, 0.15) is 0 Å². The molecular weight excluding hydrogens is 295 g/mol. The molecule has 0 bridgehead atoms. The van der Waals surface area contributed by atoms with E-state index >= 15 is 0 Å². The molecule has 0 aromatic heterocycles. The summed E-state index contributed by atoms with van der Waals surface area (Å²) in [7, 11) is 0. The SMILES string of the molecule is O=C(N[C@H]1CCCNC1)C1CC1c1cccc(Cl)c1Cl. The van der Waals surface area contributed by atoms with Gasteiger partial charge >= 0.3 is 0 Å². The van der Waals surface area contributed by atoms with Crippen molar-refractivity contribution in [2.45, 2.75) is 31.2 Å². The first-order chi connectivity index (χ1) is 9.66. The average Bonchev–Trinajstić information content (AvgIpc) is 3.23. The average molecular weight is 313 g/mol. The predicted octanol–water partition coefficient (Wildman–Crippen LogP) is 2.97. The number of carbonyl (C=O) groups is 1. The van der Waals surface area contributed by atoms with Gasteiger partial charge in [0, 0.05) is 18.5 Å². The molecular formula is C15H18Cl2N2O. The molecule has 0 radical (unpaired) electrons. The van der Waals surface area contributed by atoms with Gasteiger partial charge in [-0.15, -0.1) is 0 Å². The van der Waals surface area contributed by atoms with Crippen LogP contribution in [-0.4, -0.2) is 25.0 Å². The van der Waals surface area contributed by atoms with Gasteiger partial charge in [-0.25, -0.2) is 0 Å². The van der Waals surface area contributed by atoms with E-state index in [9.17, 15) is 4.79 Å². The topological polar surface area (TPSA) is 41.1 Å². The first kappa shape index (κ1) is 14.2. The first-order valence-electron chi connectivity index (χ1n) is 7.12. The number of hydrogen-bond donors (Lipinski definition) is 2. The van der Waals surface area contributed by atoms with E-state index in [1.807, 2.05) is 12.1 Å². The number of halogens is 2. The monoisotopic (exact) mass is 312 g/mol. The van der Waals surface area contributed by atoms with Gasteiger partial charge in [0.05, 0.1) is 10.0 Å². The molecule has 3 rings (SSSR count). The molecule has 20 heavy (non-hydrogen) atoms. The molecule has 2 aliphatic rings. The van der Waals surface area contributed by atoms with Crippen molar-refractivity contribution in [2.75, 3.05) is 13.1 Å². The second-order valence-corrected chi connectivity index (χ2v) is 6.43. The fourth-order valence-corrected chi connectivity index (χ4v) is 3.37. The Morgan fingerprint density at radius 1 is 1.35 bits per heavy atom. The Kier molecular flexibility index (Phi) is 4.20. The quantitative estimate of drug-likeness (QED) is 0.901. The largest absolute Gasteiger partial charge is 0.352 e. The van der Waals surface area contributed by atoms with Crippen molar-refractivity contribution in [3.8, 4) is 0 Å². The molecule has 1 saturated heterocycles. The molecule has 3 atom stereocenters. The van der Waals surface area contributed by atoms with Gasteiger partial charge in [-0.3, -0.25) is 4.79 Å². The van der Waals surface area contributed by atoms with Crippen LogP contribution in [-0.2, 0) is 4.79 Å². The van der Waals surface area contributed by atoms with E-state index in [1.54, 1.807) is 6.07 Å². The molecule has 1 aliphatic carbocycles. The Labute approximate surface area is 129 Å². The second-order valence-electron chi connectivity index (χ2n) is 5.64. The van der Waals surface area contributed by atoms with E-state index in [2.05, 4.69) is 10.6 Å². The highest BCUT2D eigenvalue weighted by Gasteiger charge is 2.45. The highest BCUT2D eigenvalue weighted by atomic mass is 35.5. The summed E-state index contributed by atoms with van der Waals surface area (Å²) >= 11 is 12.2. The van der Waals surface area contributed by atoms with Crippen LogP contribution >= 0.6 is 23.2 Å². The molecule has 0 spiro atoms. The van der Waals surface area contributed by atoms with Crippen molar-refractivity contribution in [3.63, 3.8) is 0 Å². The second kappa shape index (κ2) is 5.92. The van der Waals surface area contributed by atoms with Crippen LogP contribution in [0.2, 0.25) is 10.0 Å². The maximum atomic E-state index is 12.2. The summed E-state index contributed by atoms with van der Waals surface area (Å²) in [6.45, 7) is 1.93. The molecule has 2 N–H and O–H groups in total. The van der Waals surface area contributed by atoms with Crippen LogP contribution in [0, 0.1) is 5.92 Å². The Bertz CT molecular complexity index is 515. The third-order valence-electron chi connectivity index (χ3n) is 4.15. The molecule has 2 fully saturated rings. The van der Waals surface area contributed by atoms with E-state index in [-0.39, 0.29) is 23.8 Å². The lowest BCUT2D eigenvalue weighted by atomic mass is 10.1. The third-order valence-corrected chi connectivity index (χ3v) is 4.98. The van der Waals surface area contributed by atoms with E-state index in [4.69, 9.17) is 23.2 Å².